The highest BCUT2D eigenvalue weighted by Crippen LogP contribution is 2.48. The molecule has 1 saturated heterocycles. The van der Waals surface area contributed by atoms with Crippen molar-refractivity contribution in [2.45, 2.75) is 51.0 Å². The number of carbonyl (C=O) groups is 2. The van der Waals surface area contributed by atoms with Crippen molar-refractivity contribution in [2.24, 2.45) is 17.3 Å². The molecule has 142 valence electrons. The summed E-state index contributed by atoms with van der Waals surface area (Å²) >= 11 is 0. The van der Waals surface area contributed by atoms with E-state index < -0.39 is 21.2 Å². The number of sulfone groups is 1. The van der Waals surface area contributed by atoms with E-state index >= 15 is 0 Å². The van der Waals surface area contributed by atoms with Gasteiger partial charge < -0.3 is 15.3 Å². The molecule has 3 aliphatic rings. The Morgan fingerprint density at radius 3 is 2.44 bits per heavy atom. The number of likely N-dealkylation sites (tertiary alicyclic amines) is 1. The lowest BCUT2D eigenvalue weighted by Crippen LogP contribution is -2.46. The first kappa shape index (κ1) is 18.5. The third kappa shape index (κ3) is 3.93. The fraction of sp³-hybridized carbons (Fsp3) is 0.882. The zero-order valence-corrected chi connectivity index (χ0v) is 15.6. The number of rotatable bonds is 4. The summed E-state index contributed by atoms with van der Waals surface area (Å²) < 4.78 is 22.8. The highest BCUT2D eigenvalue weighted by atomic mass is 32.2. The van der Waals surface area contributed by atoms with Crippen molar-refractivity contribution in [2.75, 3.05) is 25.1 Å². The van der Waals surface area contributed by atoms with Gasteiger partial charge in [-0.3, -0.25) is 4.79 Å². The second-order valence-corrected chi connectivity index (χ2v) is 10.4. The summed E-state index contributed by atoms with van der Waals surface area (Å²) in [7, 11) is -2.95. The number of amides is 2. The molecular formula is C17H28N2O5S. The van der Waals surface area contributed by atoms with E-state index in [9.17, 15) is 23.1 Å². The summed E-state index contributed by atoms with van der Waals surface area (Å²) in [5, 5.41) is 12.6. The Morgan fingerprint density at radius 2 is 1.88 bits per heavy atom. The van der Waals surface area contributed by atoms with Crippen molar-refractivity contribution in [3.63, 3.8) is 0 Å². The van der Waals surface area contributed by atoms with Gasteiger partial charge >= 0.3 is 12.0 Å². The van der Waals surface area contributed by atoms with Gasteiger partial charge in [0.2, 0.25) is 0 Å². The van der Waals surface area contributed by atoms with Crippen LogP contribution in [0.3, 0.4) is 0 Å². The Kier molecular flexibility index (Phi) is 5.01. The number of hydrogen-bond acceptors (Lipinski definition) is 4. The molecule has 2 atom stereocenters. The summed E-state index contributed by atoms with van der Waals surface area (Å²) in [6.07, 6.45) is 6.92. The lowest BCUT2D eigenvalue weighted by Gasteiger charge is -2.30. The fourth-order valence-corrected chi connectivity index (χ4v) is 6.15. The van der Waals surface area contributed by atoms with Crippen LogP contribution in [0.25, 0.3) is 0 Å². The number of carboxylic acids is 1. The molecule has 1 heterocycles. The van der Waals surface area contributed by atoms with Crippen LogP contribution in [0.5, 0.6) is 0 Å². The lowest BCUT2D eigenvalue weighted by atomic mass is 9.81. The minimum Gasteiger partial charge on any atom is -0.481 e. The van der Waals surface area contributed by atoms with E-state index in [0.717, 1.165) is 38.5 Å². The number of aliphatic carboxylic acids is 1. The molecule has 8 heteroatoms. The van der Waals surface area contributed by atoms with Crippen molar-refractivity contribution in [1.82, 2.24) is 10.2 Å². The van der Waals surface area contributed by atoms with Crippen molar-refractivity contribution in [3.05, 3.63) is 0 Å². The molecule has 0 bridgehead atoms. The number of nitrogens with zero attached hydrogens (tertiary/aromatic N) is 1. The Morgan fingerprint density at radius 1 is 1.20 bits per heavy atom. The zero-order chi connectivity index (χ0) is 18.2. The summed E-state index contributed by atoms with van der Waals surface area (Å²) in [5.74, 6) is -0.291. The maximum atomic E-state index is 12.5. The van der Waals surface area contributed by atoms with Crippen LogP contribution in [-0.2, 0) is 14.6 Å². The largest absolute Gasteiger partial charge is 0.481 e. The molecule has 2 saturated carbocycles. The quantitative estimate of drug-likeness (QED) is 0.778. The number of nitrogens with one attached hydrogen (secondary N) is 1. The average Bonchev–Trinajstić information content (AvgIpc) is 3.05. The first-order valence-corrected chi connectivity index (χ1v) is 11.2. The zero-order valence-electron chi connectivity index (χ0n) is 14.7. The maximum absolute atomic E-state index is 12.5. The van der Waals surface area contributed by atoms with E-state index in [1.807, 2.05) is 0 Å². The van der Waals surface area contributed by atoms with Crippen molar-refractivity contribution < 1.29 is 23.1 Å². The summed E-state index contributed by atoms with van der Waals surface area (Å²) in [6.45, 7) is 0.837. The van der Waals surface area contributed by atoms with Gasteiger partial charge in [-0.2, -0.15) is 0 Å². The molecule has 0 radical (unpaired) electrons. The molecule has 2 amide bonds. The molecule has 0 aromatic heterocycles. The van der Waals surface area contributed by atoms with Gasteiger partial charge in [-0.1, -0.05) is 6.42 Å². The molecule has 0 aromatic carbocycles. The van der Waals surface area contributed by atoms with Gasteiger partial charge in [0.15, 0.2) is 0 Å². The number of fused-ring (bicyclic) bond motifs is 1. The second-order valence-electron chi connectivity index (χ2n) is 8.19. The van der Waals surface area contributed by atoms with Crippen LogP contribution >= 0.6 is 0 Å². The lowest BCUT2D eigenvalue weighted by molar-refractivity contribution is -0.149. The van der Waals surface area contributed by atoms with Gasteiger partial charge in [0.25, 0.3) is 0 Å². The number of carboxylic acid groups (broad SMARTS) is 1. The van der Waals surface area contributed by atoms with Gasteiger partial charge in [-0.15, -0.1) is 0 Å². The molecule has 2 aliphatic carbocycles. The standard InChI is InChI=1S/C17H28N2O5S/c1-25(23,24)10-12-4-6-14(7-5-12)18-16(22)19-9-13-3-2-8-17(13,11-19)15(20)21/h12-14H,2-11H2,1H3,(H,18,22)(H,20,21)/t12?,13-,14?,17+/m0/s1. The van der Waals surface area contributed by atoms with Crippen LogP contribution < -0.4 is 5.32 Å². The molecule has 3 fully saturated rings. The predicted molar refractivity (Wildman–Crippen MR) is 93.0 cm³/mol. The van der Waals surface area contributed by atoms with Crippen molar-refractivity contribution in [1.29, 1.82) is 0 Å². The van der Waals surface area contributed by atoms with Crippen molar-refractivity contribution >= 4 is 21.8 Å². The molecule has 0 unspecified atom stereocenters. The molecule has 0 spiro atoms. The molecule has 0 aromatic rings. The molecular weight excluding hydrogens is 344 g/mol. The third-order valence-corrected chi connectivity index (χ3v) is 7.37. The number of urea groups is 1. The second kappa shape index (κ2) is 6.78. The van der Waals surface area contributed by atoms with Crippen LogP contribution in [0.4, 0.5) is 4.79 Å². The van der Waals surface area contributed by atoms with E-state index in [4.69, 9.17) is 0 Å². The average molecular weight is 372 g/mol. The monoisotopic (exact) mass is 372 g/mol. The fourth-order valence-electron chi connectivity index (χ4n) is 4.96. The van der Waals surface area contributed by atoms with E-state index in [2.05, 4.69) is 5.32 Å². The summed E-state index contributed by atoms with van der Waals surface area (Å²) in [6, 6.07) is -0.105. The minimum absolute atomic E-state index is 0.0597. The highest BCUT2D eigenvalue weighted by Gasteiger charge is 2.55. The number of carbonyl (C=O) groups excluding carboxylic acids is 1. The molecule has 25 heavy (non-hydrogen) atoms. The van der Waals surface area contributed by atoms with Crippen LogP contribution in [0.2, 0.25) is 0 Å². The molecule has 3 rings (SSSR count). The first-order valence-electron chi connectivity index (χ1n) is 9.16. The van der Waals surface area contributed by atoms with Gasteiger partial charge in [-0.05, 0) is 50.4 Å². The SMILES string of the molecule is CS(=O)(=O)CC1CCC(NC(=O)N2C[C@@H]3CCC[C@@]3(C(=O)O)C2)CC1. The molecule has 2 N–H and O–H groups in total. The Hall–Kier alpha value is -1.31. The van der Waals surface area contributed by atoms with Gasteiger partial charge in [-0.25, -0.2) is 13.2 Å². The van der Waals surface area contributed by atoms with Gasteiger partial charge in [0.05, 0.1) is 11.2 Å². The molecule has 7 nitrogen and oxygen atoms in total. The van der Waals surface area contributed by atoms with Gasteiger partial charge in [0, 0.05) is 25.4 Å². The van der Waals surface area contributed by atoms with Crippen molar-refractivity contribution in [3.8, 4) is 0 Å². The van der Waals surface area contributed by atoms with E-state index in [1.54, 1.807) is 4.90 Å². The van der Waals surface area contributed by atoms with E-state index in [0.29, 0.717) is 19.5 Å². The van der Waals surface area contributed by atoms with E-state index in [1.165, 1.54) is 6.26 Å². The Balaban J connectivity index is 1.50. The number of hydrogen-bond donors (Lipinski definition) is 2. The van der Waals surface area contributed by atoms with Crippen LogP contribution in [0.1, 0.15) is 44.9 Å². The minimum atomic E-state index is -2.95. The Labute approximate surface area is 149 Å². The topological polar surface area (TPSA) is 104 Å². The highest BCUT2D eigenvalue weighted by molar-refractivity contribution is 7.90. The predicted octanol–water partition coefficient (Wildman–Crippen LogP) is 1.49. The third-order valence-electron chi connectivity index (χ3n) is 6.30. The van der Waals surface area contributed by atoms with Crippen LogP contribution in [0, 0.1) is 17.3 Å². The van der Waals surface area contributed by atoms with Crippen LogP contribution in [0.15, 0.2) is 0 Å². The first-order chi connectivity index (χ1) is 11.7. The Bertz CT molecular complexity index is 641. The summed E-state index contributed by atoms with van der Waals surface area (Å²) in [4.78, 5) is 25.9. The normalized spacial score (nSPS) is 35.4. The van der Waals surface area contributed by atoms with Crippen LogP contribution in [-0.4, -0.2) is 61.6 Å². The van der Waals surface area contributed by atoms with E-state index in [-0.39, 0.29) is 29.7 Å². The maximum Gasteiger partial charge on any atom is 0.317 e. The smallest absolute Gasteiger partial charge is 0.317 e. The van der Waals surface area contributed by atoms with Gasteiger partial charge in [0.1, 0.15) is 9.84 Å². The molecule has 1 aliphatic heterocycles. The summed E-state index contributed by atoms with van der Waals surface area (Å²) in [5.41, 5.74) is -0.746.